The normalized spacial score (nSPS) is 28.5. The van der Waals surface area contributed by atoms with Crippen molar-refractivity contribution in [2.24, 2.45) is 16.7 Å². The number of fused-ring (bicyclic) bond motifs is 1. The number of unbranched alkanes of at least 4 members (excludes halogenated alkanes) is 3. The third-order valence-corrected chi connectivity index (χ3v) is 29.3. The molecule has 1 saturated heterocycles. The fourth-order valence-corrected chi connectivity index (χ4v) is 23.4. The molecule has 1 aliphatic carbocycles. The summed E-state index contributed by atoms with van der Waals surface area (Å²) >= 11 is -2.42. The maximum atomic E-state index is 6.99. The molecule has 4 heteroatoms. The van der Waals surface area contributed by atoms with E-state index in [1.54, 1.807) is 18.9 Å². The van der Waals surface area contributed by atoms with Gasteiger partial charge in [0.15, 0.2) is 0 Å². The van der Waals surface area contributed by atoms with Gasteiger partial charge in [-0.2, -0.15) is 0 Å². The number of rotatable bonds is 13. The molecule has 2 fully saturated rings. The molecule has 0 bridgehead atoms. The average molecular weight is 614 g/mol. The van der Waals surface area contributed by atoms with Gasteiger partial charge < -0.3 is 0 Å². The van der Waals surface area contributed by atoms with Gasteiger partial charge in [0.2, 0.25) is 0 Å². The van der Waals surface area contributed by atoms with E-state index in [1.807, 2.05) is 0 Å². The van der Waals surface area contributed by atoms with Crippen LogP contribution in [0.15, 0.2) is 9.67 Å². The van der Waals surface area contributed by atoms with Crippen molar-refractivity contribution in [1.82, 2.24) is 0 Å². The average Bonchev–Trinajstić information content (AvgIpc) is 3.08. The van der Waals surface area contributed by atoms with Gasteiger partial charge in [-0.05, 0) is 0 Å². The van der Waals surface area contributed by atoms with E-state index in [2.05, 4.69) is 79.5 Å². The first-order chi connectivity index (χ1) is 16.2. The molecule has 0 aromatic rings. The van der Waals surface area contributed by atoms with Crippen LogP contribution in [-0.4, -0.2) is 46.0 Å². The molecule has 2 aliphatic rings. The van der Waals surface area contributed by atoms with Crippen molar-refractivity contribution in [3.63, 3.8) is 0 Å². The summed E-state index contributed by atoms with van der Waals surface area (Å²) in [4.78, 5) is 0. The van der Waals surface area contributed by atoms with Gasteiger partial charge in [0.05, 0.1) is 0 Å². The molecule has 0 N–H and O–H groups in total. The molecule has 0 radical (unpaired) electrons. The van der Waals surface area contributed by atoms with Crippen molar-refractivity contribution in [3.8, 4) is 0 Å². The summed E-state index contributed by atoms with van der Waals surface area (Å²) < 4.78 is 21.3. The van der Waals surface area contributed by atoms with Gasteiger partial charge in [-0.3, -0.25) is 0 Å². The minimum atomic E-state index is -2.42. The topological polar surface area (TPSA) is 18.5 Å². The van der Waals surface area contributed by atoms with E-state index < -0.39 is 26.7 Å². The first-order valence-electron chi connectivity index (χ1n) is 15.2. The number of hydrogen-bond acceptors (Lipinski definition) is 2. The molecule has 2 nitrogen and oxygen atoms in total. The zero-order chi connectivity index (χ0) is 26.5. The zero-order valence-electron chi connectivity index (χ0n) is 25.7. The Kier molecular flexibility index (Phi) is 11.6. The van der Waals surface area contributed by atoms with E-state index in [1.165, 1.54) is 51.4 Å². The molecule has 0 amide bonds. The van der Waals surface area contributed by atoms with Crippen LogP contribution >= 0.6 is 0 Å². The molecular weight excluding hydrogens is 551 g/mol. The van der Waals surface area contributed by atoms with Crippen LogP contribution in [0.4, 0.5) is 0 Å². The fraction of sp³-hybridized carbons (Fsp3) is 0.935. The van der Waals surface area contributed by atoms with Gasteiger partial charge in [0.1, 0.15) is 0 Å². The minimum absolute atomic E-state index is 0.136. The molecule has 1 heterocycles. The molecule has 0 aromatic heterocycles. The van der Waals surface area contributed by atoms with Gasteiger partial charge >= 0.3 is 227 Å². The molecular formula is C31H62O2SiSn. The summed E-state index contributed by atoms with van der Waals surface area (Å²) in [6.45, 7) is 28.5. The Hall–Kier alpha value is 0.676. The summed E-state index contributed by atoms with van der Waals surface area (Å²) in [5.41, 5.74) is 2.13. The summed E-state index contributed by atoms with van der Waals surface area (Å²) in [6.07, 6.45) is 11.1. The Morgan fingerprint density at radius 2 is 1.49 bits per heavy atom. The molecule has 0 aromatic carbocycles. The Morgan fingerprint density at radius 1 is 0.971 bits per heavy atom. The van der Waals surface area contributed by atoms with Crippen LogP contribution in [0.1, 0.15) is 114 Å². The van der Waals surface area contributed by atoms with Crippen LogP contribution < -0.4 is 0 Å². The summed E-state index contributed by atoms with van der Waals surface area (Å²) in [5.74, 6) is 0.532. The van der Waals surface area contributed by atoms with Gasteiger partial charge in [-0.1, -0.05) is 0 Å². The third kappa shape index (κ3) is 7.41. The van der Waals surface area contributed by atoms with Crippen molar-refractivity contribution < 1.29 is 9.16 Å². The van der Waals surface area contributed by atoms with Gasteiger partial charge in [-0.15, -0.1) is 0 Å². The number of hydrogen-bond donors (Lipinski definition) is 0. The van der Waals surface area contributed by atoms with E-state index in [0.717, 1.165) is 13.2 Å². The monoisotopic (exact) mass is 614 g/mol. The van der Waals surface area contributed by atoms with Gasteiger partial charge in [0.25, 0.3) is 0 Å². The quantitative estimate of drug-likeness (QED) is 0.193. The third-order valence-electron chi connectivity index (χ3n) is 10.5. The second kappa shape index (κ2) is 12.7. The second-order valence-corrected chi connectivity index (χ2v) is 32.3. The van der Waals surface area contributed by atoms with Crippen LogP contribution in [0.5, 0.6) is 0 Å². The first kappa shape index (κ1) is 31.9. The predicted molar refractivity (Wildman–Crippen MR) is 160 cm³/mol. The van der Waals surface area contributed by atoms with Crippen molar-refractivity contribution in [2.75, 3.05) is 13.2 Å². The van der Waals surface area contributed by atoms with E-state index in [4.69, 9.17) is 9.16 Å². The van der Waals surface area contributed by atoms with E-state index in [9.17, 15) is 0 Å². The summed E-state index contributed by atoms with van der Waals surface area (Å²) in [5, 5.41) is 0.253. The predicted octanol–water partition coefficient (Wildman–Crippen LogP) is 10.2. The second-order valence-electron chi connectivity index (χ2n) is 14.6. The summed E-state index contributed by atoms with van der Waals surface area (Å²) in [7, 11) is -1.80. The Bertz CT molecular complexity index is 671. The van der Waals surface area contributed by atoms with Crippen LogP contribution in [0.3, 0.4) is 0 Å². The van der Waals surface area contributed by atoms with Crippen molar-refractivity contribution in [1.29, 1.82) is 0 Å². The van der Waals surface area contributed by atoms with E-state index in [0.29, 0.717) is 12.0 Å². The maximum absolute atomic E-state index is 6.99. The Morgan fingerprint density at radius 3 is 1.94 bits per heavy atom. The van der Waals surface area contributed by atoms with Crippen LogP contribution in [0.25, 0.3) is 0 Å². The molecule has 35 heavy (non-hydrogen) atoms. The molecule has 0 unspecified atom stereocenters. The Labute approximate surface area is 225 Å². The van der Waals surface area contributed by atoms with E-state index in [-0.39, 0.29) is 15.9 Å². The molecule has 206 valence electrons. The summed E-state index contributed by atoms with van der Waals surface area (Å²) in [6, 6.07) is 0. The van der Waals surface area contributed by atoms with Crippen molar-refractivity contribution in [2.45, 2.75) is 151 Å². The SMILES string of the molecule is CCC[CH2][Sn](/[CH]=C1\CO[C@H]2CCC(C)(C)[C@H](CO[Si](C)(C)C(C)(C)C)[C@@]12C)([CH2]CCC)[CH2]CCC. The number of ether oxygens (including phenoxy) is 1. The zero-order valence-corrected chi connectivity index (χ0v) is 29.6. The van der Waals surface area contributed by atoms with Crippen LogP contribution in [0.2, 0.25) is 31.4 Å². The van der Waals surface area contributed by atoms with Gasteiger partial charge in [-0.25, -0.2) is 0 Å². The fourth-order valence-electron chi connectivity index (χ4n) is 6.70. The molecule has 1 saturated carbocycles. The first-order valence-corrected chi connectivity index (χ1v) is 25.8. The van der Waals surface area contributed by atoms with Crippen LogP contribution in [-0.2, 0) is 9.16 Å². The Balaban J connectivity index is 2.50. The molecule has 2 rings (SSSR count). The van der Waals surface area contributed by atoms with Crippen molar-refractivity contribution in [3.05, 3.63) is 9.67 Å². The van der Waals surface area contributed by atoms with Crippen molar-refractivity contribution >= 4 is 26.7 Å². The molecule has 0 spiro atoms. The van der Waals surface area contributed by atoms with Crippen LogP contribution in [0, 0.1) is 16.7 Å². The van der Waals surface area contributed by atoms with Gasteiger partial charge in [0, 0.05) is 0 Å². The van der Waals surface area contributed by atoms with E-state index >= 15 is 0 Å². The molecule has 1 aliphatic heterocycles. The standard InChI is InChI=1S/C19H35O2Si.3C4H9.Sn/c1-14-12-20-16-10-11-18(5,6)15(19(14,16)7)13-21-22(8,9)17(2,3)4;3*1-3-4-2;/h1,15-16H,10-13H2,2-9H3;3*1,3-4H2,2H3;/t15-,16-,19+;;;;/m0..../s1. The molecule has 3 atom stereocenters.